The molecule has 0 radical (unpaired) electrons. The van der Waals surface area contributed by atoms with Gasteiger partial charge in [0.15, 0.2) is 0 Å². The van der Waals surface area contributed by atoms with Gasteiger partial charge in [0.1, 0.15) is 5.82 Å². The zero-order valence-electron chi connectivity index (χ0n) is 17.7. The van der Waals surface area contributed by atoms with Crippen molar-refractivity contribution < 1.29 is 13.2 Å². The molecule has 0 bridgehead atoms. The maximum Gasteiger partial charge on any atom is 0.253 e. The molecule has 1 heterocycles. The number of sulfonamides is 1. The lowest BCUT2D eigenvalue weighted by atomic mass is 10.00. The monoisotopic (exact) mass is 461 g/mol. The third kappa shape index (κ3) is 5.00. The van der Waals surface area contributed by atoms with Crippen molar-refractivity contribution in [1.82, 2.24) is 4.98 Å². The molecule has 0 saturated carbocycles. The first-order chi connectivity index (χ1) is 15.9. The minimum atomic E-state index is -3.88. The average molecular weight is 462 g/mol. The molecule has 1 amide bonds. The highest BCUT2D eigenvalue weighted by atomic mass is 32.2. The lowest BCUT2D eigenvalue weighted by molar-refractivity contribution is -0.112. The van der Waals surface area contributed by atoms with Gasteiger partial charge < -0.3 is 11.2 Å². The van der Waals surface area contributed by atoms with Crippen molar-refractivity contribution in [2.24, 2.45) is 16.1 Å². The van der Waals surface area contributed by atoms with E-state index in [1.165, 1.54) is 12.3 Å². The van der Waals surface area contributed by atoms with Crippen LogP contribution in [0.15, 0.2) is 82.4 Å². The Morgan fingerprint density at radius 1 is 1.03 bits per heavy atom. The molecule has 168 valence electrons. The van der Waals surface area contributed by atoms with Gasteiger partial charge in [-0.25, -0.2) is 18.5 Å². The maximum absolute atomic E-state index is 13.0. The smallest absolute Gasteiger partial charge is 0.253 e. The first-order valence-corrected chi connectivity index (χ1v) is 11.9. The standard InChI is InChI=1S/C24H23N5O3S/c25-28-14-16-5-3-6-17(13-16)19-8-4-9-21(19)24(30)29-23-12-11-18(15-27-23)20-7-1-2-10-22(20)33(26,31)32/h1-3,5-7,10-15H,4,8-9,25H2,(H2,26,31,32)(H,27,29,30). The summed E-state index contributed by atoms with van der Waals surface area (Å²) in [7, 11) is -3.88. The van der Waals surface area contributed by atoms with Gasteiger partial charge in [0.05, 0.1) is 11.1 Å². The van der Waals surface area contributed by atoms with Gasteiger partial charge in [-0.1, -0.05) is 36.4 Å². The van der Waals surface area contributed by atoms with E-state index < -0.39 is 10.0 Å². The quantitative estimate of drug-likeness (QED) is 0.294. The fraction of sp³-hybridized carbons (Fsp3) is 0.125. The van der Waals surface area contributed by atoms with Crippen LogP contribution in [-0.4, -0.2) is 25.5 Å². The molecular formula is C24H23N5O3S. The van der Waals surface area contributed by atoms with Crippen molar-refractivity contribution in [1.29, 1.82) is 0 Å². The molecule has 1 aromatic heterocycles. The van der Waals surface area contributed by atoms with Crippen LogP contribution < -0.4 is 16.3 Å². The minimum Gasteiger partial charge on any atom is -0.323 e. The number of nitrogens with one attached hydrogen (secondary N) is 1. The van der Waals surface area contributed by atoms with E-state index in [-0.39, 0.29) is 10.8 Å². The number of pyridine rings is 1. The summed E-state index contributed by atoms with van der Waals surface area (Å²) in [6.07, 6.45) is 5.46. The van der Waals surface area contributed by atoms with Crippen molar-refractivity contribution in [3.63, 3.8) is 0 Å². The Labute approximate surface area is 192 Å². The largest absolute Gasteiger partial charge is 0.323 e. The van der Waals surface area contributed by atoms with Crippen molar-refractivity contribution in [2.45, 2.75) is 24.2 Å². The van der Waals surface area contributed by atoms with Crippen LogP contribution in [0, 0.1) is 0 Å². The number of anilines is 1. The van der Waals surface area contributed by atoms with E-state index in [0.29, 0.717) is 23.4 Å². The molecule has 0 aliphatic heterocycles. The lowest BCUT2D eigenvalue weighted by Crippen LogP contribution is -2.15. The number of amides is 1. The maximum atomic E-state index is 13.0. The molecule has 0 spiro atoms. The molecule has 0 fully saturated rings. The number of aromatic nitrogens is 1. The van der Waals surface area contributed by atoms with E-state index in [2.05, 4.69) is 15.4 Å². The van der Waals surface area contributed by atoms with Crippen LogP contribution in [0.1, 0.15) is 30.4 Å². The number of carbonyl (C=O) groups excluding carboxylic acids is 1. The molecule has 0 atom stereocenters. The highest BCUT2D eigenvalue weighted by molar-refractivity contribution is 7.89. The van der Waals surface area contributed by atoms with Gasteiger partial charge in [-0.15, -0.1) is 0 Å². The Balaban J connectivity index is 1.57. The van der Waals surface area contributed by atoms with Gasteiger partial charge in [0.2, 0.25) is 10.0 Å². The third-order valence-electron chi connectivity index (χ3n) is 5.46. The predicted octanol–water partition coefficient (Wildman–Crippen LogP) is 3.26. The van der Waals surface area contributed by atoms with Crippen LogP contribution in [0.5, 0.6) is 0 Å². The van der Waals surface area contributed by atoms with E-state index in [0.717, 1.165) is 35.1 Å². The molecule has 9 heteroatoms. The summed E-state index contributed by atoms with van der Waals surface area (Å²) in [5.41, 5.74) is 4.59. The number of benzene rings is 2. The number of allylic oxidation sites excluding steroid dienone is 1. The molecular weight excluding hydrogens is 438 g/mol. The van der Waals surface area contributed by atoms with E-state index in [1.54, 1.807) is 36.5 Å². The Hall–Kier alpha value is -3.82. The first kappa shape index (κ1) is 22.4. The lowest BCUT2D eigenvalue weighted by Gasteiger charge is -2.11. The Morgan fingerprint density at radius 2 is 1.85 bits per heavy atom. The highest BCUT2D eigenvalue weighted by Gasteiger charge is 2.22. The number of rotatable bonds is 6. The molecule has 1 aliphatic carbocycles. The van der Waals surface area contributed by atoms with Gasteiger partial charge in [-0.2, -0.15) is 5.10 Å². The molecule has 3 aromatic rings. The molecule has 33 heavy (non-hydrogen) atoms. The van der Waals surface area contributed by atoms with E-state index in [1.807, 2.05) is 24.3 Å². The van der Waals surface area contributed by atoms with E-state index in [4.69, 9.17) is 11.0 Å². The van der Waals surface area contributed by atoms with Crippen LogP contribution in [-0.2, 0) is 14.8 Å². The third-order valence-corrected chi connectivity index (χ3v) is 6.43. The molecule has 8 nitrogen and oxygen atoms in total. The van der Waals surface area contributed by atoms with Gasteiger partial charge in [0.25, 0.3) is 5.91 Å². The van der Waals surface area contributed by atoms with Crippen LogP contribution in [0.4, 0.5) is 5.82 Å². The number of hydrogen-bond donors (Lipinski definition) is 3. The van der Waals surface area contributed by atoms with Crippen molar-refractivity contribution in [2.75, 3.05) is 5.32 Å². The van der Waals surface area contributed by atoms with Crippen molar-refractivity contribution in [3.8, 4) is 11.1 Å². The van der Waals surface area contributed by atoms with Gasteiger partial charge in [-0.3, -0.25) is 4.79 Å². The highest BCUT2D eigenvalue weighted by Crippen LogP contribution is 2.35. The summed E-state index contributed by atoms with van der Waals surface area (Å²) in [5.74, 6) is 5.42. The number of hydrazone groups is 1. The molecule has 2 aromatic carbocycles. The second kappa shape index (κ2) is 9.35. The topological polar surface area (TPSA) is 141 Å². The van der Waals surface area contributed by atoms with Crippen LogP contribution in [0.25, 0.3) is 16.7 Å². The van der Waals surface area contributed by atoms with Gasteiger partial charge >= 0.3 is 0 Å². The number of carbonyl (C=O) groups is 1. The zero-order valence-corrected chi connectivity index (χ0v) is 18.5. The fourth-order valence-electron chi connectivity index (χ4n) is 3.98. The Kier molecular flexibility index (Phi) is 6.34. The summed E-state index contributed by atoms with van der Waals surface area (Å²) >= 11 is 0. The van der Waals surface area contributed by atoms with Crippen LogP contribution in [0.2, 0.25) is 0 Å². The fourth-order valence-corrected chi connectivity index (χ4v) is 4.74. The summed E-state index contributed by atoms with van der Waals surface area (Å²) in [6.45, 7) is 0. The summed E-state index contributed by atoms with van der Waals surface area (Å²) in [4.78, 5) is 17.3. The number of hydrogen-bond acceptors (Lipinski definition) is 6. The average Bonchev–Trinajstić information content (AvgIpc) is 3.30. The summed E-state index contributed by atoms with van der Waals surface area (Å²) in [5, 5.41) is 11.7. The second-order valence-electron chi connectivity index (χ2n) is 7.64. The number of primary sulfonamides is 1. The first-order valence-electron chi connectivity index (χ1n) is 10.3. The predicted molar refractivity (Wildman–Crippen MR) is 129 cm³/mol. The Morgan fingerprint density at radius 3 is 2.58 bits per heavy atom. The number of nitrogens with zero attached hydrogens (tertiary/aromatic N) is 2. The molecule has 0 saturated heterocycles. The van der Waals surface area contributed by atoms with E-state index in [9.17, 15) is 13.2 Å². The van der Waals surface area contributed by atoms with Crippen LogP contribution >= 0.6 is 0 Å². The summed E-state index contributed by atoms with van der Waals surface area (Å²) < 4.78 is 23.7. The Bertz CT molecular complexity index is 1360. The molecule has 4 rings (SSSR count). The SMILES string of the molecule is NN=Cc1cccc(C2=C(C(=O)Nc3ccc(-c4ccccc4S(N)(=O)=O)cn3)CCC2)c1. The van der Waals surface area contributed by atoms with Gasteiger partial charge in [-0.05, 0) is 60.2 Å². The van der Waals surface area contributed by atoms with Crippen LogP contribution in [0.3, 0.4) is 0 Å². The zero-order chi connectivity index (χ0) is 23.4. The van der Waals surface area contributed by atoms with E-state index >= 15 is 0 Å². The normalized spacial score (nSPS) is 14.1. The summed E-state index contributed by atoms with van der Waals surface area (Å²) in [6, 6.07) is 17.5. The molecule has 0 unspecified atom stereocenters. The second-order valence-corrected chi connectivity index (χ2v) is 9.17. The van der Waals surface area contributed by atoms with Crippen molar-refractivity contribution >= 4 is 33.5 Å². The number of nitrogens with two attached hydrogens (primary N) is 2. The molecule has 5 N–H and O–H groups in total. The van der Waals surface area contributed by atoms with Crippen molar-refractivity contribution in [3.05, 3.63) is 83.6 Å². The van der Waals surface area contributed by atoms with Gasteiger partial charge in [0, 0.05) is 22.9 Å². The molecule has 1 aliphatic rings. The minimum absolute atomic E-state index is 0.0197.